The number of nitrogen functional groups attached to an aromatic ring is 1. The minimum atomic E-state index is -1.15. The molecular weight excluding hydrogens is 256 g/mol. The van der Waals surface area contributed by atoms with Crippen LogP contribution in [-0.4, -0.2) is 10.9 Å². The van der Waals surface area contributed by atoms with Gasteiger partial charge in [0.1, 0.15) is 0 Å². The van der Waals surface area contributed by atoms with Crippen molar-refractivity contribution in [3.05, 3.63) is 47.7 Å². The Labute approximate surface area is 106 Å². The maximum absolute atomic E-state index is 13.4. The van der Waals surface area contributed by atoms with Crippen molar-refractivity contribution in [2.24, 2.45) is 5.73 Å². The van der Waals surface area contributed by atoms with Crippen molar-refractivity contribution in [3.8, 4) is 11.6 Å². The number of primary amides is 1. The number of aromatic nitrogens is 1. The van der Waals surface area contributed by atoms with Gasteiger partial charge >= 0.3 is 0 Å². The highest BCUT2D eigenvalue weighted by molar-refractivity contribution is 5.98. The number of halogens is 2. The van der Waals surface area contributed by atoms with E-state index in [-0.39, 0.29) is 22.9 Å². The molecule has 1 aromatic heterocycles. The van der Waals surface area contributed by atoms with E-state index in [1.807, 2.05) is 0 Å². The Bertz CT molecular complexity index is 647. The van der Waals surface area contributed by atoms with Crippen molar-refractivity contribution >= 4 is 11.6 Å². The third kappa shape index (κ3) is 2.59. The van der Waals surface area contributed by atoms with Crippen molar-refractivity contribution < 1.29 is 18.3 Å². The van der Waals surface area contributed by atoms with E-state index in [0.29, 0.717) is 0 Å². The van der Waals surface area contributed by atoms with Crippen LogP contribution in [0.15, 0.2) is 30.5 Å². The second-order valence-corrected chi connectivity index (χ2v) is 3.63. The van der Waals surface area contributed by atoms with E-state index in [1.54, 1.807) is 0 Å². The Kier molecular flexibility index (Phi) is 3.28. The zero-order chi connectivity index (χ0) is 14.0. The average Bonchev–Trinajstić information content (AvgIpc) is 2.37. The molecule has 2 rings (SSSR count). The van der Waals surface area contributed by atoms with Gasteiger partial charge < -0.3 is 16.2 Å². The van der Waals surface area contributed by atoms with Gasteiger partial charge in [0.15, 0.2) is 11.6 Å². The normalized spacial score (nSPS) is 10.2. The molecule has 0 aliphatic carbocycles. The fraction of sp³-hybridized carbons (Fsp3) is 0. The molecule has 0 aliphatic heterocycles. The smallest absolute Gasteiger partial charge is 0.251 e. The van der Waals surface area contributed by atoms with Crippen LogP contribution >= 0.6 is 0 Å². The molecule has 0 aliphatic rings. The van der Waals surface area contributed by atoms with Gasteiger partial charge in [0.05, 0.1) is 17.4 Å². The Morgan fingerprint density at radius 1 is 1.32 bits per heavy atom. The number of hydrogen-bond acceptors (Lipinski definition) is 4. The van der Waals surface area contributed by atoms with Crippen LogP contribution in [0.4, 0.5) is 14.5 Å². The number of ether oxygens (including phenoxy) is 1. The number of nitrogens with two attached hydrogens (primary N) is 2. The Hall–Kier alpha value is -2.70. The van der Waals surface area contributed by atoms with Gasteiger partial charge in [0.2, 0.25) is 11.7 Å². The summed E-state index contributed by atoms with van der Waals surface area (Å²) in [5.74, 6) is -3.45. The SMILES string of the molecule is NC(=O)c1cc(Oc2cccc(F)c2F)ncc1N. The second kappa shape index (κ2) is 4.89. The van der Waals surface area contributed by atoms with E-state index in [9.17, 15) is 13.6 Å². The maximum atomic E-state index is 13.4. The number of anilines is 1. The van der Waals surface area contributed by atoms with E-state index in [1.165, 1.54) is 12.1 Å². The highest BCUT2D eigenvalue weighted by Crippen LogP contribution is 2.26. The summed E-state index contributed by atoms with van der Waals surface area (Å²) in [5, 5.41) is 0. The lowest BCUT2D eigenvalue weighted by atomic mass is 10.2. The van der Waals surface area contributed by atoms with Crippen molar-refractivity contribution in [1.82, 2.24) is 4.98 Å². The summed E-state index contributed by atoms with van der Waals surface area (Å²) in [6, 6.07) is 4.61. The van der Waals surface area contributed by atoms with Gasteiger partial charge in [-0.2, -0.15) is 4.39 Å². The quantitative estimate of drug-likeness (QED) is 0.885. The van der Waals surface area contributed by atoms with E-state index in [4.69, 9.17) is 16.2 Å². The molecule has 0 bridgehead atoms. The molecule has 0 saturated heterocycles. The summed E-state index contributed by atoms with van der Waals surface area (Å²) in [4.78, 5) is 14.8. The van der Waals surface area contributed by atoms with Gasteiger partial charge in [-0.05, 0) is 12.1 Å². The number of carbonyl (C=O) groups excluding carboxylic acids is 1. The minimum absolute atomic E-state index is 0.0122. The number of rotatable bonds is 3. The molecule has 0 spiro atoms. The van der Waals surface area contributed by atoms with Gasteiger partial charge in [-0.3, -0.25) is 4.79 Å². The van der Waals surface area contributed by atoms with Gasteiger partial charge in [0.25, 0.3) is 5.91 Å². The molecule has 0 unspecified atom stereocenters. The van der Waals surface area contributed by atoms with Crippen LogP contribution in [0.1, 0.15) is 10.4 Å². The number of pyridine rings is 1. The molecule has 7 heteroatoms. The number of benzene rings is 1. The zero-order valence-corrected chi connectivity index (χ0v) is 9.56. The molecule has 1 aromatic carbocycles. The van der Waals surface area contributed by atoms with E-state index < -0.39 is 17.5 Å². The lowest BCUT2D eigenvalue weighted by Gasteiger charge is -2.08. The van der Waals surface area contributed by atoms with Crippen molar-refractivity contribution in [2.75, 3.05) is 5.73 Å². The first kappa shape index (κ1) is 12.7. The first-order valence-electron chi connectivity index (χ1n) is 5.16. The molecule has 0 fully saturated rings. The predicted molar refractivity (Wildman–Crippen MR) is 63.6 cm³/mol. The van der Waals surface area contributed by atoms with Crippen molar-refractivity contribution in [1.29, 1.82) is 0 Å². The van der Waals surface area contributed by atoms with Crippen LogP contribution in [0.3, 0.4) is 0 Å². The fourth-order valence-electron chi connectivity index (χ4n) is 1.39. The first-order chi connectivity index (χ1) is 8.99. The molecule has 5 nitrogen and oxygen atoms in total. The molecule has 0 atom stereocenters. The Balaban J connectivity index is 2.36. The van der Waals surface area contributed by atoms with Crippen LogP contribution in [0.2, 0.25) is 0 Å². The third-order valence-electron chi connectivity index (χ3n) is 2.31. The summed E-state index contributed by atoms with van der Waals surface area (Å²) in [5.41, 5.74) is 10.6. The van der Waals surface area contributed by atoms with E-state index in [0.717, 1.165) is 18.3 Å². The molecule has 0 saturated carbocycles. The van der Waals surface area contributed by atoms with Crippen molar-refractivity contribution in [3.63, 3.8) is 0 Å². The fourth-order valence-corrected chi connectivity index (χ4v) is 1.39. The molecular formula is C12H9F2N3O2. The highest BCUT2D eigenvalue weighted by Gasteiger charge is 2.13. The molecule has 1 amide bonds. The summed E-state index contributed by atoms with van der Waals surface area (Å²) in [6.07, 6.45) is 1.15. The summed E-state index contributed by atoms with van der Waals surface area (Å²) >= 11 is 0. The zero-order valence-electron chi connectivity index (χ0n) is 9.56. The van der Waals surface area contributed by atoms with E-state index in [2.05, 4.69) is 4.98 Å². The average molecular weight is 265 g/mol. The van der Waals surface area contributed by atoms with Crippen LogP contribution in [-0.2, 0) is 0 Å². The standard InChI is InChI=1S/C12H9F2N3O2/c13-7-2-1-3-9(11(7)14)19-10-4-6(12(16)18)8(15)5-17-10/h1-5H,15H2,(H2,16,18). The first-order valence-corrected chi connectivity index (χ1v) is 5.16. The second-order valence-electron chi connectivity index (χ2n) is 3.63. The van der Waals surface area contributed by atoms with Crippen LogP contribution in [0.5, 0.6) is 11.6 Å². The minimum Gasteiger partial charge on any atom is -0.436 e. The topological polar surface area (TPSA) is 91.2 Å². The molecule has 19 heavy (non-hydrogen) atoms. The Morgan fingerprint density at radius 3 is 2.74 bits per heavy atom. The monoisotopic (exact) mass is 265 g/mol. The van der Waals surface area contributed by atoms with Gasteiger partial charge in [-0.1, -0.05) is 6.07 Å². The van der Waals surface area contributed by atoms with E-state index >= 15 is 0 Å². The molecule has 4 N–H and O–H groups in total. The number of carbonyl (C=O) groups is 1. The third-order valence-corrected chi connectivity index (χ3v) is 2.31. The van der Waals surface area contributed by atoms with Crippen LogP contribution in [0.25, 0.3) is 0 Å². The molecule has 2 aromatic rings. The predicted octanol–water partition coefficient (Wildman–Crippen LogP) is 1.83. The summed E-state index contributed by atoms with van der Waals surface area (Å²) in [6.45, 7) is 0. The van der Waals surface area contributed by atoms with Gasteiger partial charge in [0, 0.05) is 6.07 Å². The summed E-state index contributed by atoms with van der Waals surface area (Å²) < 4.78 is 31.4. The summed E-state index contributed by atoms with van der Waals surface area (Å²) in [7, 11) is 0. The number of nitrogens with zero attached hydrogens (tertiary/aromatic N) is 1. The molecule has 0 radical (unpaired) electrons. The van der Waals surface area contributed by atoms with Crippen LogP contribution in [0, 0.1) is 11.6 Å². The maximum Gasteiger partial charge on any atom is 0.251 e. The van der Waals surface area contributed by atoms with Crippen molar-refractivity contribution in [2.45, 2.75) is 0 Å². The lowest BCUT2D eigenvalue weighted by molar-refractivity contribution is 0.100. The van der Waals surface area contributed by atoms with Gasteiger partial charge in [-0.25, -0.2) is 9.37 Å². The van der Waals surface area contributed by atoms with Gasteiger partial charge in [-0.15, -0.1) is 0 Å². The number of amides is 1. The Morgan fingerprint density at radius 2 is 2.05 bits per heavy atom. The molecule has 98 valence electrons. The highest BCUT2D eigenvalue weighted by atomic mass is 19.2. The number of hydrogen-bond donors (Lipinski definition) is 2. The van der Waals surface area contributed by atoms with Crippen LogP contribution < -0.4 is 16.2 Å². The molecule has 1 heterocycles. The lowest BCUT2D eigenvalue weighted by Crippen LogP contribution is -2.14. The largest absolute Gasteiger partial charge is 0.436 e.